The zero-order chi connectivity index (χ0) is 12.3. The van der Waals surface area contributed by atoms with Crippen molar-refractivity contribution >= 4 is 11.5 Å². The van der Waals surface area contributed by atoms with Gasteiger partial charge in [0.25, 0.3) is 0 Å². The second-order valence-electron chi connectivity index (χ2n) is 4.00. The molecule has 0 amide bonds. The van der Waals surface area contributed by atoms with Crippen LogP contribution in [0.15, 0.2) is 12.1 Å². The highest BCUT2D eigenvalue weighted by Gasteiger charge is 2.23. The highest BCUT2D eigenvalue weighted by molar-refractivity contribution is 5.59. The van der Waals surface area contributed by atoms with Crippen molar-refractivity contribution in [2.24, 2.45) is 0 Å². The molecule has 2 rings (SSSR count). The molecule has 0 aliphatic carbocycles. The van der Waals surface area contributed by atoms with Gasteiger partial charge in [-0.15, -0.1) is 0 Å². The van der Waals surface area contributed by atoms with E-state index in [4.69, 9.17) is 4.74 Å². The van der Waals surface area contributed by atoms with Crippen LogP contribution in [0.1, 0.15) is 19.3 Å². The summed E-state index contributed by atoms with van der Waals surface area (Å²) in [4.78, 5) is 16.7. The summed E-state index contributed by atoms with van der Waals surface area (Å²) >= 11 is 0. The van der Waals surface area contributed by atoms with Gasteiger partial charge in [-0.2, -0.15) is 4.98 Å². The largest absolute Gasteiger partial charge is 0.481 e. The minimum absolute atomic E-state index is 0.0488. The van der Waals surface area contributed by atoms with Crippen molar-refractivity contribution in [1.29, 1.82) is 0 Å². The normalized spacial score (nSPS) is 15.7. The molecule has 6 heteroatoms. The van der Waals surface area contributed by atoms with Gasteiger partial charge in [0.15, 0.2) is 0 Å². The van der Waals surface area contributed by atoms with Gasteiger partial charge in [-0.1, -0.05) is 0 Å². The Labute approximate surface area is 99.4 Å². The summed E-state index contributed by atoms with van der Waals surface area (Å²) in [6.07, 6.45) is 3.28. The molecule has 1 aliphatic heterocycles. The molecule has 0 saturated carbocycles. The Morgan fingerprint density at radius 3 is 2.65 bits per heavy atom. The summed E-state index contributed by atoms with van der Waals surface area (Å²) < 4.78 is 5.02. The quantitative estimate of drug-likeness (QED) is 0.594. The first-order valence-corrected chi connectivity index (χ1v) is 5.67. The summed E-state index contributed by atoms with van der Waals surface area (Å²) in [5.74, 6) is 0.838. The molecular formula is C11H15N3O3. The van der Waals surface area contributed by atoms with Crippen LogP contribution in [0, 0.1) is 10.1 Å². The monoisotopic (exact) mass is 237 g/mol. The number of aromatic nitrogens is 1. The van der Waals surface area contributed by atoms with Crippen LogP contribution in [0.3, 0.4) is 0 Å². The van der Waals surface area contributed by atoms with E-state index in [0.717, 1.165) is 25.9 Å². The predicted molar refractivity (Wildman–Crippen MR) is 63.5 cm³/mol. The number of piperidine rings is 1. The van der Waals surface area contributed by atoms with Crippen LogP contribution in [0.25, 0.3) is 0 Å². The summed E-state index contributed by atoms with van der Waals surface area (Å²) in [7, 11) is 1.51. The minimum atomic E-state index is -0.392. The summed E-state index contributed by atoms with van der Waals surface area (Å²) in [5, 5.41) is 11.0. The lowest BCUT2D eigenvalue weighted by Crippen LogP contribution is -2.30. The van der Waals surface area contributed by atoms with E-state index in [0.29, 0.717) is 11.7 Å². The lowest BCUT2D eigenvalue weighted by Gasteiger charge is -2.27. The molecule has 1 aromatic heterocycles. The fraction of sp³-hybridized carbons (Fsp3) is 0.545. The van der Waals surface area contributed by atoms with E-state index < -0.39 is 4.92 Å². The second-order valence-corrected chi connectivity index (χ2v) is 4.00. The molecule has 92 valence electrons. The summed E-state index contributed by atoms with van der Waals surface area (Å²) in [5.41, 5.74) is 0.0488. The zero-order valence-corrected chi connectivity index (χ0v) is 9.76. The third kappa shape index (κ3) is 2.46. The van der Waals surface area contributed by atoms with Crippen LogP contribution in [0.4, 0.5) is 11.5 Å². The second kappa shape index (κ2) is 4.99. The van der Waals surface area contributed by atoms with Crippen LogP contribution in [-0.4, -0.2) is 30.1 Å². The highest BCUT2D eigenvalue weighted by atomic mass is 16.6. The molecule has 6 nitrogen and oxygen atoms in total. The van der Waals surface area contributed by atoms with Crippen LogP contribution in [-0.2, 0) is 0 Å². The van der Waals surface area contributed by atoms with Crippen molar-refractivity contribution in [3.05, 3.63) is 22.2 Å². The minimum Gasteiger partial charge on any atom is -0.481 e. The third-order valence-corrected chi connectivity index (χ3v) is 2.89. The van der Waals surface area contributed by atoms with Gasteiger partial charge in [0.1, 0.15) is 0 Å². The van der Waals surface area contributed by atoms with Crippen LogP contribution in [0.5, 0.6) is 5.88 Å². The van der Waals surface area contributed by atoms with Gasteiger partial charge in [0.2, 0.25) is 11.7 Å². The number of nitrogens with zero attached hydrogens (tertiary/aromatic N) is 3. The summed E-state index contributed by atoms with van der Waals surface area (Å²) in [6.45, 7) is 1.64. The van der Waals surface area contributed by atoms with E-state index in [1.807, 2.05) is 4.90 Å². The van der Waals surface area contributed by atoms with Crippen molar-refractivity contribution in [3.8, 4) is 5.88 Å². The number of methoxy groups -OCH3 is 1. The Kier molecular flexibility index (Phi) is 3.41. The van der Waals surface area contributed by atoms with Crippen molar-refractivity contribution in [1.82, 2.24) is 4.98 Å². The first-order chi connectivity index (χ1) is 8.22. The fourth-order valence-electron chi connectivity index (χ4n) is 2.02. The summed E-state index contributed by atoms with van der Waals surface area (Å²) in [6, 6.07) is 2.97. The molecule has 0 radical (unpaired) electrons. The van der Waals surface area contributed by atoms with Crippen molar-refractivity contribution in [3.63, 3.8) is 0 Å². The van der Waals surface area contributed by atoms with E-state index >= 15 is 0 Å². The fourth-order valence-corrected chi connectivity index (χ4v) is 2.02. The Morgan fingerprint density at radius 1 is 1.35 bits per heavy atom. The van der Waals surface area contributed by atoms with Crippen molar-refractivity contribution in [2.45, 2.75) is 19.3 Å². The Morgan fingerprint density at radius 2 is 2.06 bits per heavy atom. The van der Waals surface area contributed by atoms with E-state index in [2.05, 4.69) is 4.98 Å². The van der Waals surface area contributed by atoms with Gasteiger partial charge < -0.3 is 9.64 Å². The molecule has 1 saturated heterocycles. The van der Waals surface area contributed by atoms with Crippen LogP contribution in [0.2, 0.25) is 0 Å². The number of hydrogen-bond donors (Lipinski definition) is 0. The predicted octanol–water partition coefficient (Wildman–Crippen LogP) is 1.99. The van der Waals surface area contributed by atoms with Crippen molar-refractivity contribution < 1.29 is 9.66 Å². The maximum absolute atomic E-state index is 11.0. The zero-order valence-electron chi connectivity index (χ0n) is 9.76. The number of ether oxygens (including phenoxy) is 1. The molecule has 0 spiro atoms. The molecule has 0 bridgehead atoms. The first-order valence-electron chi connectivity index (χ1n) is 5.67. The molecule has 1 aliphatic rings. The smallest absolute Gasteiger partial charge is 0.311 e. The highest BCUT2D eigenvalue weighted by Crippen LogP contribution is 2.30. The molecule has 2 heterocycles. The third-order valence-electron chi connectivity index (χ3n) is 2.89. The van der Waals surface area contributed by atoms with E-state index in [1.54, 1.807) is 0 Å². The maximum Gasteiger partial charge on any atom is 0.311 e. The van der Waals surface area contributed by atoms with Gasteiger partial charge in [-0.25, -0.2) is 0 Å². The molecule has 0 N–H and O–H groups in total. The van der Waals surface area contributed by atoms with Crippen LogP contribution >= 0.6 is 0 Å². The topological polar surface area (TPSA) is 68.5 Å². The van der Waals surface area contributed by atoms with E-state index in [9.17, 15) is 10.1 Å². The number of anilines is 1. The number of hydrogen-bond acceptors (Lipinski definition) is 5. The van der Waals surface area contributed by atoms with Crippen LogP contribution < -0.4 is 9.64 Å². The molecule has 0 unspecified atom stereocenters. The molecule has 0 atom stereocenters. The molecular weight excluding hydrogens is 222 g/mol. The van der Waals surface area contributed by atoms with Gasteiger partial charge in [0.05, 0.1) is 12.0 Å². The Bertz CT molecular complexity index is 416. The van der Waals surface area contributed by atoms with Gasteiger partial charge in [-0.05, 0) is 19.3 Å². The number of nitro groups is 1. The SMILES string of the molecule is COc1ccc([N+](=O)[O-])c(N2CCCCC2)n1. The average molecular weight is 237 g/mol. The number of rotatable bonds is 3. The van der Waals surface area contributed by atoms with Gasteiger partial charge in [-0.3, -0.25) is 10.1 Å². The van der Waals surface area contributed by atoms with E-state index in [-0.39, 0.29) is 5.69 Å². The molecule has 1 fully saturated rings. The first kappa shape index (κ1) is 11.6. The standard InChI is InChI=1S/C11H15N3O3/c1-17-10-6-5-9(14(15)16)11(12-10)13-7-3-2-4-8-13/h5-6H,2-4,7-8H2,1H3. The molecule has 1 aromatic rings. The maximum atomic E-state index is 11.0. The molecule has 0 aromatic carbocycles. The lowest BCUT2D eigenvalue weighted by molar-refractivity contribution is -0.384. The number of pyridine rings is 1. The Hall–Kier alpha value is -1.85. The van der Waals surface area contributed by atoms with E-state index in [1.165, 1.54) is 25.7 Å². The van der Waals surface area contributed by atoms with Gasteiger partial charge >= 0.3 is 5.69 Å². The Balaban J connectivity index is 2.36. The average Bonchev–Trinajstić information content (AvgIpc) is 2.39. The van der Waals surface area contributed by atoms with Crippen molar-refractivity contribution in [2.75, 3.05) is 25.1 Å². The molecule has 17 heavy (non-hydrogen) atoms. The van der Waals surface area contributed by atoms with Gasteiger partial charge in [0, 0.05) is 25.2 Å². The lowest BCUT2D eigenvalue weighted by atomic mass is 10.1.